The number of ether oxygens (including phenoxy) is 1. The van der Waals surface area contributed by atoms with E-state index in [2.05, 4.69) is 5.32 Å². The molecule has 0 radical (unpaired) electrons. The molecular weight excluding hydrogens is 288 g/mol. The van der Waals surface area contributed by atoms with Gasteiger partial charge in [-0.25, -0.2) is 0 Å². The summed E-state index contributed by atoms with van der Waals surface area (Å²) in [4.78, 5) is 12.0. The fraction of sp³-hybridized carbons (Fsp3) is 0.188. The molecule has 3 N–H and O–H groups in total. The van der Waals surface area contributed by atoms with E-state index in [1.54, 1.807) is 43.3 Å². The van der Waals surface area contributed by atoms with Gasteiger partial charge in [-0.15, -0.1) is 0 Å². The van der Waals surface area contributed by atoms with Crippen molar-refractivity contribution in [2.45, 2.75) is 19.6 Å². The summed E-state index contributed by atoms with van der Waals surface area (Å²) < 4.78 is 5.55. The number of nitrogens with two attached hydrogens (primary N) is 1. The molecule has 110 valence electrons. The van der Waals surface area contributed by atoms with Gasteiger partial charge in [0.05, 0.1) is 6.61 Å². The van der Waals surface area contributed by atoms with Crippen LogP contribution < -0.4 is 11.1 Å². The first-order valence-corrected chi connectivity index (χ1v) is 6.95. The van der Waals surface area contributed by atoms with Gasteiger partial charge < -0.3 is 15.8 Å². The molecule has 0 aliphatic rings. The van der Waals surface area contributed by atoms with E-state index >= 15 is 0 Å². The summed E-state index contributed by atoms with van der Waals surface area (Å²) in [6, 6.07) is 14.3. The minimum Gasteiger partial charge on any atom is -0.399 e. The molecule has 2 aromatic rings. The lowest BCUT2D eigenvalue weighted by Crippen LogP contribution is -2.27. The number of anilines is 2. The van der Waals surface area contributed by atoms with Gasteiger partial charge in [0.2, 0.25) is 0 Å². The van der Waals surface area contributed by atoms with E-state index in [1.807, 2.05) is 12.1 Å². The van der Waals surface area contributed by atoms with Crippen LogP contribution in [-0.2, 0) is 16.1 Å². The molecule has 2 aromatic carbocycles. The second-order valence-electron chi connectivity index (χ2n) is 4.69. The Morgan fingerprint density at radius 2 is 2.00 bits per heavy atom. The van der Waals surface area contributed by atoms with Gasteiger partial charge >= 0.3 is 0 Å². The van der Waals surface area contributed by atoms with Crippen molar-refractivity contribution in [3.8, 4) is 0 Å². The maximum atomic E-state index is 12.0. The highest BCUT2D eigenvalue weighted by Gasteiger charge is 2.13. The Balaban J connectivity index is 1.86. The van der Waals surface area contributed by atoms with Crippen molar-refractivity contribution in [1.29, 1.82) is 0 Å². The Morgan fingerprint density at radius 1 is 1.29 bits per heavy atom. The van der Waals surface area contributed by atoms with E-state index in [1.165, 1.54) is 0 Å². The highest BCUT2D eigenvalue weighted by atomic mass is 35.5. The Labute approximate surface area is 128 Å². The van der Waals surface area contributed by atoms with E-state index in [9.17, 15) is 4.79 Å². The van der Waals surface area contributed by atoms with Crippen molar-refractivity contribution < 1.29 is 9.53 Å². The zero-order valence-corrected chi connectivity index (χ0v) is 12.4. The second-order valence-corrected chi connectivity index (χ2v) is 5.13. The van der Waals surface area contributed by atoms with Crippen LogP contribution in [0.15, 0.2) is 48.5 Å². The molecule has 0 heterocycles. The number of benzene rings is 2. The van der Waals surface area contributed by atoms with Gasteiger partial charge in [-0.1, -0.05) is 29.8 Å². The first-order chi connectivity index (χ1) is 10.0. The van der Waals surface area contributed by atoms with Gasteiger partial charge in [-0.2, -0.15) is 0 Å². The van der Waals surface area contributed by atoms with Gasteiger partial charge in [0.15, 0.2) is 0 Å². The smallest absolute Gasteiger partial charge is 0.253 e. The molecule has 0 spiro atoms. The lowest BCUT2D eigenvalue weighted by molar-refractivity contribution is -0.127. The molecule has 21 heavy (non-hydrogen) atoms. The van der Waals surface area contributed by atoms with Crippen LogP contribution in [0.25, 0.3) is 0 Å². The normalized spacial score (nSPS) is 11.9. The molecule has 1 unspecified atom stereocenters. The summed E-state index contributed by atoms with van der Waals surface area (Å²) in [5.74, 6) is -0.213. The van der Waals surface area contributed by atoms with Crippen molar-refractivity contribution in [1.82, 2.24) is 0 Å². The minimum absolute atomic E-state index is 0.213. The molecular formula is C16H17ClN2O2. The number of nitrogens with one attached hydrogen (secondary N) is 1. The van der Waals surface area contributed by atoms with Crippen LogP contribution in [0.4, 0.5) is 11.4 Å². The number of nitrogen functional groups attached to an aromatic ring is 1. The fourth-order valence-corrected chi connectivity index (χ4v) is 1.86. The van der Waals surface area contributed by atoms with Crippen LogP contribution >= 0.6 is 11.6 Å². The largest absolute Gasteiger partial charge is 0.399 e. The number of hydrogen-bond acceptors (Lipinski definition) is 3. The lowest BCUT2D eigenvalue weighted by Gasteiger charge is -2.13. The van der Waals surface area contributed by atoms with Gasteiger partial charge in [0.25, 0.3) is 5.91 Å². The lowest BCUT2D eigenvalue weighted by atomic mass is 10.2. The molecule has 5 heteroatoms. The van der Waals surface area contributed by atoms with Crippen LogP contribution in [0.3, 0.4) is 0 Å². The number of rotatable bonds is 5. The summed E-state index contributed by atoms with van der Waals surface area (Å²) in [5.41, 5.74) is 7.88. The van der Waals surface area contributed by atoms with E-state index in [4.69, 9.17) is 22.1 Å². The summed E-state index contributed by atoms with van der Waals surface area (Å²) in [6.45, 7) is 2.06. The average Bonchev–Trinajstić information content (AvgIpc) is 2.46. The predicted octanol–water partition coefficient (Wildman–Crippen LogP) is 3.47. The third-order valence-corrected chi connectivity index (χ3v) is 3.19. The topological polar surface area (TPSA) is 64.3 Å². The van der Waals surface area contributed by atoms with E-state index in [-0.39, 0.29) is 5.91 Å². The number of hydrogen-bond donors (Lipinski definition) is 2. The average molecular weight is 305 g/mol. The molecule has 1 atom stereocenters. The van der Waals surface area contributed by atoms with Crippen molar-refractivity contribution in [3.05, 3.63) is 59.1 Å². The Kier molecular flexibility index (Phi) is 5.20. The summed E-state index contributed by atoms with van der Waals surface area (Å²) in [5, 5.41) is 3.44. The molecule has 0 aliphatic carbocycles. The van der Waals surface area contributed by atoms with Crippen LogP contribution in [0.1, 0.15) is 12.5 Å². The van der Waals surface area contributed by atoms with Crippen molar-refractivity contribution in [3.63, 3.8) is 0 Å². The molecule has 0 fully saturated rings. The van der Waals surface area contributed by atoms with Gasteiger partial charge in [0.1, 0.15) is 6.10 Å². The predicted molar refractivity (Wildman–Crippen MR) is 85.2 cm³/mol. The van der Waals surface area contributed by atoms with Gasteiger partial charge in [0, 0.05) is 16.4 Å². The first-order valence-electron chi connectivity index (χ1n) is 6.57. The number of carbonyl (C=O) groups is 1. The molecule has 0 bridgehead atoms. The summed E-state index contributed by atoms with van der Waals surface area (Å²) in [7, 11) is 0. The van der Waals surface area contributed by atoms with Crippen LogP contribution in [0.5, 0.6) is 0 Å². The Bertz CT molecular complexity index is 614. The van der Waals surface area contributed by atoms with Crippen LogP contribution in [0.2, 0.25) is 5.02 Å². The van der Waals surface area contributed by atoms with E-state index < -0.39 is 6.10 Å². The molecule has 4 nitrogen and oxygen atoms in total. The molecule has 0 aliphatic heterocycles. The third-order valence-electron chi connectivity index (χ3n) is 2.94. The minimum atomic E-state index is -0.567. The molecule has 1 amide bonds. The molecule has 2 rings (SSSR count). The van der Waals surface area contributed by atoms with Crippen molar-refractivity contribution in [2.75, 3.05) is 11.1 Å². The second kappa shape index (κ2) is 7.11. The Morgan fingerprint density at radius 3 is 2.67 bits per heavy atom. The maximum Gasteiger partial charge on any atom is 0.253 e. The standard InChI is InChI=1S/C16H17ClN2O2/c1-11(21-10-12-5-7-13(17)8-6-12)16(20)19-15-4-2-3-14(18)9-15/h2-9,11H,10,18H2,1H3,(H,19,20). The van der Waals surface area contributed by atoms with E-state index in [0.29, 0.717) is 23.0 Å². The zero-order valence-electron chi connectivity index (χ0n) is 11.7. The number of carbonyl (C=O) groups excluding carboxylic acids is 1. The Hall–Kier alpha value is -2.04. The molecule has 0 saturated carbocycles. The maximum absolute atomic E-state index is 12.0. The molecule has 0 saturated heterocycles. The van der Waals surface area contributed by atoms with Gasteiger partial charge in [-0.05, 0) is 42.8 Å². The monoisotopic (exact) mass is 304 g/mol. The van der Waals surface area contributed by atoms with Crippen LogP contribution in [-0.4, -0.2) is 12.0 Å². The fourth-order valence-electron chi connectivity index (χ4n) is 1.74. The molecule has 0 aromatic heterocycles. The van der Waals surface area contributed by atoms with Crippen LogP contribution in [0, 0.1) is 0 Å². The quantitative estimate of drug-likeness (QED) is 0.831. The first kappa shape index (κ1) is 15.4. The van der Waals surface area contributed by atoms with Gasteiger partial charge in [-0.3, -0.25) is 4.79 Å². The summed E-state index contributed by atoms with van der Waals surface area (Å²) in [6.07, 6.45) is -0.567. The van der Waals surface area contributed by atoms with Crippen molar-refractivity contribution in [2.24, 2.45) is 0 Å². The SMILES string of the molecule is CC(OCc1ccc(Cl)cc1)C(=O)Nc1cccc(N)c1. The third kappa shape index (κ3) is 4.77. The highest BCUT2D eigenvalue weighted by Crippen LogP contribution is 2.14. The zero-order chi connectivity index (χ0) is 15.2. The summed E-state index contributed by atoms with van der Waals surface area (Å²) >= 11 is 5.81. The number of amides is 1. The van der Waals surface area contributed by atoms with E-state index in [0.717, 1.165) is 5.56 Å². The number of halogens is 1. The highest BCUT2D eigenvalue weighted by molar-refractivity contribution is 6.30. The van der Waals surface area contributed by atoms with Crippen molar-refractivity contribution >= 4 is 28.9 Å².